The van der Waals surface area contributed by atoms with Gasteiger partial charge >= 0.3 is 0 Å². The van der Waals surface area contributed by atoms with E-state index < -0.39 is 17.7 Å². The zero-order chi connectivity index (χ0) is 26.8. The minimum atomic E-state index is -0.940. The quantitative estimate of drug-likeness (QED) is 0.263. The number of ether oxygens (including phenoxy) is 4. The van der Waals surface area contributed by atoms with Crippen LogP contribution in [0.4, 0.5) is 5.69 Å². The van der Waals surface area contributed by atoms with Crippen LogP contribution in [0.1, 0.15) is 36.1 Å². The highest BCUT2D eigenvalue weighted by atomic mass is 16.6. The number of ketones is 1. The van der Waals surface area contributed by atoms with Crippen LogP contribution in [0.15, 0.2) is 66.2 Å². The van der Waals surface area contributed by atoms with Gasteiger partial charge in [0.25, 0.3) is 11.7 Å². The summed E-state index contributed by atoms with van der Waals surface area (Å²) < 4.78 is 22.7. The van der Waals surface area contributed by atoms with Gasteiger partial charge in [0, 0.05) is 22.9 Å². The Balaban J connectivity index is 1.67. The van der Waals surface area contributed by atoms with Crippen molar-refractivity contribution < 1.29 is 33.6 Å². The largest absolute Gasteiger partial charge is 0.507 e. The lowest BCUT2D eigenvalue weighted by molar-refractivity contribution is -0.132. The highest BCUT2D eigenvalue weighted by Gasteiger charge is 2.48. The van der Waals surface area contributed by atoms with Gasteiger partial charge in [-0.1, -0.05) is 25.1 Å². The van der Waals surface area contributed by atoms with Crippen molar-refractivity contribution in [3.63, 3.8) is 0 Å². The number of amides is 1. The molecule has 2 aliphatic heterocycles. The Labute approximate surface area is 221 Å². The normalized spacial score (nSPS) is 18.0. The van der Waals surface area contributed by atoms with Crippen LogP contribution in [-0.2, 0) is 9.59 Å². The van der Waals surface area contributed by atoms with E-state index in [0.29, 0.717) is 59.6 Å². The first-order valence-electron chi connectivity index (χ1n) is 12.5. The molecule has 1 saturated heterocycles. The predicted molar refractivity (Wildman–Crippen MR) is 142 cm³/mol. The Kier molecular flexibility index (Phi) is 6.96. The molecule has 8 nitrogen and oxygen atoms in total. The lowest BCUT2D eigenvalue weighted by Crippen LogP contribution is -2.30. The van der Waals surface area contributed by atoms with Crippen molar-refractivity contribution in [2.45, 2.75) is 26.3 Å². The second-order valence-corrected chi connectivity index (χ2v) is 9.07. The van der Waals surface area contributed by atoms with Crippen LogP contribution in [0, 0.1) is 6.92 Å². The molecular formula is C30H29NO7. The Hall–Kier alpha value is -4.46. The number of benzene rings is 3. The van der Waals surface area contributed by atoms with Gasteiger partial charge in [-0.3, -0.25) is 14.5 Å². The maximum absolute atomic E-state index is 13.5. The Morgan fingerprint density at radius 1 is 1.00 bits per heavy atom. The first-order chi connectivity index (χ1) is 18.4. The van der Waals surface area contributed by atoms with Gasteiger partial charge in [-0.25, -0.2) is 0 Å². The molecule has 0 radical (unpaired) electrons. The smallest absolute Gasteiger partial charge is 0.300 e. The fourth-order valence-corrected chi connectivity index (χ4v) is 4.79. The second-order valence-electron chi connectivity index (χ2n) is 9.07. The molecule has 0 aliphatic carbocycles. The number of nitrogens with zero attached hydrogens (tertiary/aromatic N) is 1. The molecule has 3 aromatic carbocycles. The van der Waals surface area contributed by atoms with Gasteiger partial charge in [0.15, 0.2) is 11.5 Å². The third-order valence-electron chi connectivity index (χ3n) is 6.59. The van der Waals surface area contributed by atoms with E-state index in [-0.39, 0.29) is 11.3 Å². The summed E-state index contributed by atoms with van der Waals surface area (Å²) in [5.74, 6) is 0.383. The summed E-state index contributed by atoms with van der Waals surface area (Å²) in [6.07, 6.45) is 0.864. The number of hydrogen-bond donors (Lipinski definition) is 1. The number of fused-ring (bicyclic) bond motifs is 1. The van der Waals surface area contributed by atoms with Crippen molar-refractivity contribution in [2.75, 3.05) is 31.8 Å². The molecule has 1 fully saturated rings. The van der Waals surface area contributed by atoms with Gasteiger partial charge in [0.2, 0.25) is 0 Å². The predicted octanol–water partition coefficient (Wildman–Crippen LogP) is 5.19. The summed E-state index contributed by atoms with van der Waals surface area (Å²) in [5, 5.41) is 11.5. The number of aliphatic hydroxyl groups excluding tert-OH is 1. The summed E-state index contributed by atoms with van der Waals surface area (Å²) in [7, 11) is 1.52. The number of anilines is 1. The molecule has 1 atom stereocenters. The first kappa shape index (κ1) is 25.2. The van der Waals surface area contributed by atoms with Crippen LogP contribution in [0.3, 0.4) is 0 Å². The SMILES string of the molecule is CCCOc1ccc(/C(O)=C2\C(=O)C(=O)N(c3ccc4c(c3)OCCO4)C2c2ccccc2OC)cc1C. The van der Waals surface area contributed by atoms with E-state index in [2.05, 4.69) is 0 Å². The number of aliphatic hydroxyl groups is 1. The number of methoxy groups -OCH3 is 1. The molecule has 0 spiro atoms. The minimum Gasteiger partial charge on any atom is -0.507 e. The van der Waals surface area contributed by atoms with E-state index in [4.69, 9.17) is 18.9 Å². The van der Waals surface area contributed by atoms with Gasteiger partial charge < -0.3 is 24.1 Å². The van der Waals surface area contributed by atoms with Crippen molar-refractivity contribution >= 4 is 23.1 Å². The van der Waals surface area contributed by atoms with Crippen molar-refractivity contribution in [1.29, 1.82) is 0 Å². The van der Waals surface area contributed by atoms with E-state index in [0.717, 1.165) is 12.0 Å². The van der Waals surface area contributed by atoms with Gasteiger partial charge in [-0.05, 0) is 55.3 Å². The molecule has 1 unspecified atom stereocenters. The molecule has 0 bridgehead atoms. The highest BCUT2D eigenvalue weighted by Crippen LogP contribution is 2.46. The van der Waals surface area contributed by atoms with E-state index in [9.17, 15) is 14.7 Å². The van der Waals surface area contributed by atoms with Crippen LogP contribution in [0.5, 0.6) is 23.0 Å². The van der Waals surface area contributed by atoms with Crippen molar-refractivity contribution in [3.8, 4) is 23.0 Å². The summed E-state index contributed by atoms with van der Waals surface area (Å²) >= 11 is 0. The average molecular weight is 516 g/mol. The molecule has 5 rings (SSSR count). The fourth-order valence-electron chi connectivity index (χ4n) is 4.79. The highest BCUT2D eigenvalue weighted by molar-refractivity contribution is 6.51. The molecule has 0 saturated carbocycles. The van der Waals surface area contributed by atoms with Crippen molar-refractivity contribution in [1.82, 2.24) is 0 Å². The number of carbonyl (C=O) groups excluding carboxylic acids is 2. The molecule has 2 aliphatic rings. The van der Waals surface area contributed by atoms with Crippen molar-refractivity contribution in [3.05, 3.63) is 82.9 Å². The second kappa shape index (κ2) is 10.5. The molecule has 196 valence electrons. The minimum absolute atomic E-state index is 0.0315. The zero-order valence-corrected chi connectivity index (χ0v) is 21.5. The van der Waals surface area contributed by atoms with Crippen LogP contribution < -0.4 is 23.8 Å². The van der Waals surface area contributed by atoms with Gasteiger partial charge in [0.05, 0.1) is 25.3 Å². The first-order valence-corrected chi connectivity index (χ1v) is 12.5. The lowest BCUT2D eigenvalue weighted by Gasteiger charge is -2.28. The summed E-state index contributed by atoms with van der Waals surface area (Å²) in [4.78, 5) is 28.5. The zero-order valence-electron chi connectivity index (χ0n) is 21.5. The van der Waals surface area contributed by atoms with Crippen LogP contribution in [-0.4, -0.2) is 43.7 Å². The third kappa shape index (κ3) is 4.42. The molecule has 3 aromatic rings. The monoisotopic (exact) mass is 515 g/mol. The van der Waals surface area contributed by atoms with E-state index in [1.807, 2.05) is 13.8 Å². The summed E-state index contributed by atoms with van der Waals surface area (Å²) in [5.41, 5.74) is 2.18. The number of hydrogen-bond acceptors (Lipinski definition) is 7. The molecular weight excluding hydrogens is 486 g/mol. The fraction of sp³-hybridized carbons (Fsp3) is 0.267. The van der Waals surface area contributed by atoms with E-state index in [1.54, 1.807) is 60.7 Å². The molecule has 8 heteroatoms. The van der Waals surface area contributed by atoms with Gasteiger partial charge in [0.1, 0.15) is 30.5 Å². The summed E-state index contributed by atoms with van der Waals surface area (Å²) in [6, 6.07) is 16.5. The van der Waals surface area contributed by atoms with Gasteiger partial charge in [-0.2, -0.15) is 0 Å². The molecule has 1 N–H and O–H groups in total. The molecule has 38 heavy (non-hydrogen) atoms. The number of rotatable bonds is 7. The lowest BCUT2D eigenvalue weighted by atomic mass is 9.94. The summed E-state index contributed by atoms with van der Waals surface area (Å²) in [6.45, 7) is 5.27. The molecule has 0 aromatic heterocycles. The van der Waals surface area contributed by atoms with E-state index in [1.165, 1.54) is 12.0 Å². The number of Topliss-reactive ketones (excluding diaryl/α,β-unsaturated/α-hetero) is 1. The van der Waals surface area contributed by atoms with Crippen LogP contribution in [0.2, 0.25) is 0 Å². The standard InChI is InChI=1S/C30H29NO7/c1-4-13-36-22-11-9-19(16-18(22)2)28(32)26-27(21-7-5-6-8-23(21)35-3)31(30(34)29(26)33)20-10-12-24-25(17-20)38-15-14-37-24/h5-12,16-17,27,32H,4,13-15H2,1-3H3/b28-26+. The average Bonchev–Trinajstić information content (AvgIpc) is 3.21. The number of carbonyl (C=O) groups is 2. The maximum atomic E-state index is 13.5. The van der Waals surface area contributed by atoms with Crippen LogP contribution >= 0.6 is 0 Å². The number of aryl methyl sites for hydroxylation is 1. The Bertz CT molecular complexity index is 1430. The maximum Gasteiger partial charge on any atom is 0.300 e. The molecule has 2 heterocycles. The number of para-hydroxylation sites is 1. The third-order valence-corrected chi connectivity index (χ3v) is 6.59. The topological polar surface area (TPSA) is 94.5 Å². The Morgan fingerprint density at radius 2 is 1.76 bits per heavy atom. The van der Waals surface area contributed by atoms with E-state index >= 15 is 0 Å². The van der Waals surface area contributed by atoms with Gasteiger partial charge in [-0.15, -0.1) is 0 Å². The van der Waals surface area contributed by atoms with Crippen molar-refractivity contribution in [2.24, 2.45) is 0 Å². The van der Waals surface area contributed by atoms with Crippen LogP contribution in [0.25, 0.3) is 5.76 Å². The Morgan fingerprint density at radius 3 is 2.50 bits per heavy atom. The molecule has 1 amide bonds.